The SMILES string of the molecule is O=C(O)CCc1ccc(OCCCOc2cccc(C(O)(C(F)(F)F)C(F)(F)F)c2)cc1. The number of carboxylic acids is 1. The largest absolute Gasteiger partial charge is 0.493 e. The Morgan fingerprint density at radius 2 is 1.41 bits per heavy atom. The van der Waals surface area contributed by atoms with Crippen molar-refractivity contribution in [2.24, 2.45) is 0 Å². The van der Waals surface area contributed by atoms with Crippen LogP contribution in [-0.4, -0.2) is 41.7 Å². The second kappa shape index (κ2) is 10.1. The summed E-state index contributed by atoms with van der Waals surface area (Å²) in [5.41, 5.74) is -5.59. The minimum atomic E-state index is -5.97. The van der Waals surface area contributed by atoms with E-state index in [4.69, 9.17) is 14.6 Å². The minimum absolute atomic E-state index is 0.00207. The highest BCUT2D eigenvalue weighted by Crippen LogP contribution is 2.50. The van der Waals surface area contributed by atoms with Gasteiger partial charge in [-0.15, -0.1) is 0 Å². The number of benzene rings is 2. The number of halogens is 6. The van der Waals surface area contributed by atoms with Gasteiger partial charge in [0.05, 0.1) is 13.2 Å². The first-order valence-electron chi connectivity index (χ1n) is 9.37. The molecule has 11 heteroatoms. The van der Waals surface area contributed by atoms with Crippen molar-refractivity contribution in [1.29, 1.82) is 0 Å². The predicted octanol–water partition coefficient (Wildman–Crippen LogP) is 4.86. The van der Waals surface area contributed by atoms with Crippen LogP contribution < -0.4 is 9.47 Å². The molecule has 32 heavy (non-hydrogen) atoms. The van der Waals surface area contributed by atoms with Crippen molar-refractivity contribution in [2.75, 3.05) is 13.2 Å². The Hall–Kier alpha value is -2.95. The zero-order chi connectivity index (χ0) is 24.0. The number of aryl methyl sites for hydroxylation is 1. The molecule has 0 aromatic heterocycles. The summed E-state index contributed by atoms with van der Waals surface area (Å²) in [5, 5.41) is 18.1. The summed E-state index contributed by atoms with van der Waals surface area (Å²) in [7, 11) is 0. The molecule has 2 aromatic rings. The number of ether oxygens (including phenoxy) is 2. The van der Waals surface area contributed by atoms with Gasteiger partial charge >= 0.3 is 18.3 Å². The van der Waals surface area contributed by atoms with E-state index in [1.165, 1.54) is 6.07 Å². The number of hydrogen-bond acceptors (Lipinski definition) is 4. The van der Waals surface area contributed by atoms with Gasteiger partial charge in [0.2, 0.25) is 0 Å². The van der Waals surface area contributed by atoms with Crippen molar-refractivity contribution in [2.45, 2.75) is 37.2 Å². The number of aliphatic hydroxyl groups is 1. The normalized spacial score (nSPS) is 12.5. The molecule has 0 saturated heterocycles. The van der Waals surface area contributed by atoms with Crippen molar-refractivity contribution in [3.63, 3.8) is 0 Å². The van der Waals surface area contributed by atoms with E-state index in [2.05, 4.69) is 0 Å². The average Bonchev–Trinajstić information content (AvgIpc) is 2.70. The molecule has 0 atom stereocenters. The summed E-state index contributed by atoms with van der Waals surface area (Å²) in [6.07, 6.45) is -11.3. The van der Waals surface area contributed by atoms with Crippen molar-refractivity contribution in [1.82, 2.24) is 0 Å². The van der Waals surface area contributed by atoms with Crippen LogP contribution in [0.25, 0.3) is 0 Å². The van der Waals surface area contributed by atoms with Crippen LogP contribution in [0.1, 0.15) is 24.0 Å². The summed E-state index contributed by atoms with van der Waals surface area (Å²) < 4.78 is 88.5. The highest BCUT2D eigenvalue weighted by atomic mass is 19.4. The number of hydrogen-bond donors (Lipinski definition) is 2. The fraction of sp³-hybridized carbons (Fsp3) is 0.381. The highest BCUT2D eigenvalue weighted by Gasteiger charge is 2.71. The van der Waals surface area contributed by atoms with Gasteiger partial charge in [-0.1, -0.05) is 24.3 Å². The lowest BCUT2D eigenvalue weighted by molar-refractivity contribution is -0.376. The zero-order valence-electron chi connectivity index (χ0n) is 16.5. The van der Waals surface area contributed by atoms with E-state index in [1.807, 2.05) is 0 Å². The molecule has 2 rings (SSSR count). The lowest BCUT2D eigenvalue weighted by atomic mass is 9.92. The number of aliphatic carboxylic acids is 1. The third-order valence-corrected chi connectivity index (χ3v) is 4.45. The quantitative estimate of drug-likeness (QED) is 0.386. The van der Waals surface area contributed by atoms with E-state index in [-0.39, 0.29) is 31.8 Å². The molecule has 5 nitrogen and oxygen atoms in total. The number of alkyl halides is 6. The molecule has 0 unspecified atom stereocenters. The average molecular weight is 466 g/mol. The molecule has 0 amide bonds. The third-order valence-electron chi connectivity index (χ3n) is 4.45. The summed E-state index contributed by atoms with van der Waals surface area (Å²) >= 11 is 0. The molecule has 2 N–H and O–H groups in total. The van der Waals surface area contributed by atoms with Crippen LogP contribution >= 0.6 is 0 Å². The van der Waals surface area contributed by atoms with Gasteiger partial charge < -0.3 is 19.7 Å². The second-order valence-electron chi connectivity index (χ2n) is 6.82. The Morgan fingerprint density at radius 3 is 1.94 bits per heavy atom. The standard InChI is InChI=1S/C21H20F6O5/c22-20(23,24)19(30,21(25,26)27)15-3-1-4-17(13-15)32-12-2-11-31-16-8-5-14(6-9-16)7-10-18(28)29/h1,3-6,8-9,13,30H,2,7,10-12H2,(H,28,29). The van der Waals surface area contributed by atoms with Crippen molar-refractivity contribution in [3.8, 4) is 11.5 Å². The molecule has 0 spiro atoms. The summed E-state index contributed by atoms with van der Waals surface area (Å²) in [6.45, 7) is 0.0970. The maximum Gasteiger partial charge on any atom is 0.430 e. The molecule has 0 bridgehead atoms. The molecule has 0 radical (unpaired) electrons. The van der Waals surface area contributed by atoms with Gasteiger partial charge in [0.25, 0.3) is 5.60 Å². The molecule has 0 heterocycles. The summed E-state index contributed by atoms with van der Waals surface area (Å²) in [5.74, 6) is -0.666. The molecule has 2 aromatic carbocycles. The first kappa shape index (κ1) is 25.3. The van der Waals surface area contributed by atoms with E-state index in [0.717, 1.165) is 11.6 Å². The fourth-order valence-corrected chi connectivity index (χ4v) is 2.74. The Balaban J connectivity index is 1.88. The summed E-state index contributed by atoms with van der Waals surface area (Å²) in [4.78, 5) is 10.6. The van der Waals surface area contributed by atoms with Crippen LogP contribution in [0.15, 0.2) is 48.5 Å². The van der Waals surface area contributed by atoms with Crippen LogP contribution in [0.3, 0.4) is 0 Å². The van der Waals surface area contributed by atoms with E-state index >= 15 is 0 Å². The van der Waals surface area contributed by atoms with Crippen molar-refractivity contribution >= 4 is 5.97 Å². The molecule has 0 saturated carbocycles. The van der Waals surface area contributed by atoms with E-state index in [0.29, 0.717) is 24.3 Å². The van der Waals surface area contributed by atoms with Gasteiger partial charge in [-0.25, -0.2) is 0 Å². The molecule has 0 aliphatic carbocycles. The number of carboxylic acid groups (broad SMARTS) is 1. The molecule has 0 aliphatic rings. The third kappa shape index (κ3) is 6.28. The van der Waals surface area contributed by atoms with Crippen LogP contribution in [0, 0.1) is 0 Å². The minimum Gasteiger partial charge on any atom is -0.493 e. The van der Waals surface area contributed by atoms with Crippen LogP contribution in [0.5, 0.6) is 11.5 Å². The predicted molar refractivity (Wildman–Crippen MR) is 100 cm³/mol. The van der Waals surface area contributed by atoms with E-state index in [9.17, 15) is 36.2 Å². The topological polar surface area (TPSA) is 76.0 Å². The number of carbonyl (C=O) groups is 1. The molecular weight excluding hydrogens is 446 g/mol. The van der Waals surface area contributed by atoms with Crippen LogP contribution in [0.4, 0.5) is 26.3 Å². The zero-order valence-corrected chi connectivity index (χ0v) is 16.5. The fourth-order valence-electron chi connectivity index (χ4n) is 2.74. The van der Waals surface area contributed by atoms with Crippen molar-refractivity contribution < 1.29 is 50.8 Å². The van der Waals surface area contributed by atoms with Crippen LogP contribution in [0.2, 0.25) is 0 Å². The van der Waals surface area contributed by atoms with E-state index in [1.54, 1.807) is 24.3 Å². The smallest absolute Gasteiger partial charge is 0.430 e. The van der Waals surface area contributed by atoms with Crippen molar-refractivity contribution in [3.05, 3.63) is 59.7 Å². The maximum atomic E-state index is 13.0. The molecule has 0 fully saturated rings. The second-order valence-corrected chi connectivity index (χ2v) is 6.82. The Kier molecular flexibility index (Phi) is 8.00. The number of rotatable bonds is 10. The molecular formula is C21H20F6O5. The molecule has 0 aliphatic heterocycles. The van der Waals surface area contributed by atoms with Crippen LogP contribution in [-0.2, 0) is 16.8 Å². The Morgan fingerprint density at radius 1 is 0.844 bits per heavy atom. The molecule has 176 valence electrons. The van der Waals surface area contributed by atoms with Gasteiger partial charge in [0, 0.05) is 18.4 Å². The van der Waals surface area contributed by atoms with Gasteiger partial charge in [0.1, 0.15) is 11.5 Å². The van der Waals surface area contributed by atoms with E-state index < -0.39 is 29.5 Å². The van der Waals surface area contributed by atoms with Gasteiger partial charge in [0.15, 0.2) is 0 Å². The van der Waals surface area contributed by atoms with Gasteiger partial charge in [-0.2, -0.15) is 26.3 Å². The Labute approximate surface area is 179 Å². The lowest BCUT2D eigenvalue weighted by Gasteiger charge is -2.32. The van der Waals surface area contributed by atoms with Gasteiger partial charge in [-0.05, 0) is 36.2 Å². The summed E-state index contributed by atoms with van der Waals surface area (Å²) in [6, 6.07) is 9.84. The monoisotopic (exact) mass is 466 g/mol. The first-order chi connectivity index (χ1) is 14.8. The maximum absolute atomic E-state index is 13.0. The van der Waals surface area contributed by atoms with Gasteiger partial charge in [-0.3, -0.25) is 4.79 Å². The first-order valence-corrected chi connectivity index (χ1v) is 9.37. The highest BCUT2D eigenvalue weighted by molar-refractivity contribution is 5.67. The Bertz CT molecular complexity index is 879. The lowest BCUT2D eigenvalue weighted by Crippen LogP contribution is -2.53.